The van der Waals surface area contributed by atoms with Crippen molar-refractivity contribution in [3.05, 3.63) is 0 Å². The van der Waals surface area contributed by atoms with Crippen molar-refractivity contribution in [2.75, 3.05) is 0 Å². The number of hydrogen-bond donors (Lipinski definition) is 2. The van der Waals surface area contributed by atoms with E-state index in [1.165, 1.54) is 0 Å². The maximum Gasteiger partial charge on any atom is 0.320 e. The molecule has 0 aliphatic rings. The summed E-state index contributed by atoms with van der Waals surface area (Å²) in [7, 11) is 1.33. The zero-order valence-corrected chi connectivity index (χ0v) is 7.25. The minimum absolute atomic E-state index is 0.0919. The first-order valence-corrected chi connectivity index (χ1v) is 4.08. The van der Waals surface area contributed by atoms with Crippen LogP contribution in [0.5, 0.6) is 0 Å². The van der Waals surface area contributed by atoms with Crippen molar-refractivity contribution in [2.24, 2.45) is 5.73 Å². The highest BCUT2D eigenvalue weighted by molar-refractivity contribution is 7.15. The van der Waals surface area contributed by atoms with E-state index in [-0.39, 0.29) is 18.5 Å². The molecule has 0 aromatic heterocycles. The molecular weight excluding hydrogens is 156 g/mol. The number of carbonyl (C=O) groups excluding carboxylic acids is 1. The summed E-state index contributed by atoms with van der Waals surface area (Å²) in [5.41, 5.74) is 5.30. The van der Waals surface area contributed by atoms with E-state index < -0.39 is 12.0 Å². The summed E-state index contributed by atoms with van der Waals surface area (Å²) in [5.74, 6) is -1.04. The van der Waals surface area contributed by atoms with Crippen LogP contribution in [0.4, 0.5) is 0 Å². The molecule has 12 heavy (non-hydrogen) atoms. The summed E-state index contributed by atoms with van der Waals surface area (Å²) in [6.45, 7) is 1.91. The van der Waals surface area contributed by atoms with Gasteiger partial charge in [0, 0.05) is 0 Å². The van der Waals surface area contributed by atoms with Gasteiger partial charge in [-0.2, -0.15) is 0 Å². The quantitative estimate of drug-likeness (QED) is 0.476. The topological polar surface area (TPSA) is 80.4 Å². The molecule has 0 saturated heterocycles. The number of nitrogens with two attached hydrogens (primary N) is 1. The molecule has 0 saturated carbocycles. The van der Waals surface area contributed by atoms with Gasteiger partial charge in [0.15, 0.2) is 7.17 Å². The Morgan fingerprint density at radius 2 is 2.17 bits per heavy atom. The van der Waals surface area contributed by atoms with Crippen molar-refractivity contribution >= 4 is 26.0 Å². The van der Waals surface area contributed by atoms with Gasteiger partial charge in [0.25, 0.3) is 0 Å². The third kappa shape index (κ3) is 4.96. The van der Waals surface area contributed by atoms with Gasteiger partial charge in [0.1, 0.15) is 6.04 Å². The van der Waals surface area contributed by atoms with E-state index in [4.69, 9.17) is 10.8 Å². The molecular formula is C6H13B2NO3. The summed E-state index contributed by atoms with van der Waals surface area (Å²) in [6.07, 6.45) is 0.523. The second kappa shape index (κ2) is 5.83. The molecule has 0 spiro atoms. The van der Waals surface area contributed by atoms with Crippen LogP contribution in [0.25, 0.3) is 0 Å². The fraction of sp³-hybridized carbons (Fsp3) is 0.667. The van der Waals surface area contributed by atoms with Crippen LogP contribution in [0.3, 0.4) is 0 Å². The lowest BCUT2D eigenvalue weighted by Crippen LogP contribution is -2.31. The van der Waals surface area contributed by atoms with Crippen LogP contribution >= 0.6 is 0 Å². The predicted molar refractivity (Wildman–Crippen MR) is 50.0 cm³/mol. The Kier molecular flexibility index (Phi) is 5.45. The van der Waals surface area contributed by atoms with Crippen molar-refractivity contribution in [1.29, 1.82) is 0 Å². The zero-order valence-electron chi connectivity index (χ0n) is 7.25. The molecule has 1 unspecified atom stereocenters. The Balaban J connectivity index is 3.54. The normalized spacial score (nSPS) is 11.8. The molecule has 3 N–H and O–H groups in total. The molecule has 0 aromatic rings. The molecule has 0 aromatic carbocycles. The van der Waals surface area contributed by atoms with Crippen LogP contribution in [0.2, 0.25) is 6.82 Å². The number of carbonyl (C=O) groups is 2. The fourth-order valence-corrected chi connectivity index (χ4v) is 0.844. The highest BCUT2D eigenvalue weighted by Gasteiger charge is 2.12. The van der Waals surface area contributed by atoms with E-state index >= 15 is 0 Å². The maximum absolute atomic E-state index is 10.9. The van der Waals surface area contributed by atoms with E-state index in [2.05, 4.69) is 0 Å². The van der Waals surface area contributed by atoms with Crippen LogP contribution in [-0.2, 0) is 9.59 Å². The zero-order chi connectivity index (χ0) is 9.56. The van der Waals surface area contributed by atoms with Gasteiger partial charge in [-0.05, 0) is 12.8 Å². The van der Waals surface area contributed by atoms with Gasteiger partial charge in [0.2, 0.25) is 0 Å². The molecule has 0 radical (unpaired) electrons. The van der Waals surface area contributed by atoms with Gasteiger partial charge < -0.3 is 15.6 Å². The number of carboxylic acids is 1. The van der Waals surface area contributed by atoms with Crippen LogP contribution in [0.1, 0.15) is 12.8 Å². The van der Waals surface area contributed by atoms with E-state index in [9.17, 15) is 9.59 Å². The Labute approximate surface area is 73.0 Å². The van der Waals surface area contributed by atoms with Crippen LogP contribution < -0.4 is 5.73 Å². The minimum atomic E-state index is -1.04. The van der Waals surface area contributed by atoms with Crippen molar-refractivity contribution in [1.82, 2.24) is 0 Å². The molecule has 0 aliphatic heterocycles. The molecule has 0 heterocycles. The number of rotatable bonds is 6. The molecule has 66 valence electrons. The van der Waals surface area contributed by atoms with Gasteiger partial charge in [-0.25, -0.2) is 0 Å². The Morgan fingerprint density at radius 3 is 2.58 bits per heavy atom. The molecule has 0 amide bonds. The highest BCUT2D eigenvalue weighted by Crippen LogP contribution is 1.94. The smallest absolute Gasteiger partial charge is 0.320 e. The second-order valence-corrected chi connectivity index (χ2v) is 2.77. The molecule has 0 bridgehead atoms. The lowest BCUT2D eigenvalue weighted by atomic mass is 9.38. The van der Waals surface area contributed by atoms with E-state index in [0.717, 1.165) is 7.17 Å². The molecule has 0 aliphatic carbocycles. The Morgan fingerprint density at radius 1 is 1.58 bits per heavy atom. The summed E-state index contributed by atoms with van der Waals surface area (Å²) in [5, 5.41) is 8.39. The molecule has 6 heteroatoms. The number of carboxylic acid groups (broad SMARTS) is 1. The first kappa shape index (κ1) is 11.2. The summed E-state index contributed by atoms with van der Waals surface area (Å²) in [6, 6.07) is -0.897. The largest absolute Gasteiger partial charge is 0.480 e. The van der Waals surface area contributed by atoms with Gasteiger partial charge in [-0.15, -0.1) is 0 Å². The van der Waals surface area contributed by atoms with Gasteiger partial charge >= 0.3 is 5.97 Å². The molecule has 0 rings (SSSR count). The van der Waals surface area contributed by atoms with Crippen molar-refractivity contribution in [3.8, 4) is 0 Å². The van der Waals surface area contributed by atoms with Gasteiger partial charge in [-0.3, -0.25) is 4.79 Å². The molecule has 4 nitrogen and oxygen atoms in total. The average molecular weight is 169 g/mol. The monoisotopic (exact) mass is 169 g/mol. The standard InChI is InChI=1S/C6H13B2NO3/c1-7-8-5(10)3-2-4(9)6(11)12/h4,7-8H,2-3,9H2,1H3,(H,11,12). The van der Waals surface area contributed by atoms with E-state index in [1.54, 1.807) is 0 Å². The van der Waals surface area contributed by atoms with Crippen LogP contribution in [0.15, 0.2) is 0 Å². The summed E-state index contributed by atoms with van der Waals surface area (Å²) >= 11 is 0. The highest BCUT2D eigenvalue weighted by atomic mass is 16.4. The van der Waals surface area contributed by atoms with Crippen molar-refractivity contribution in [3.63, 3.8) is 0 Å². The number of hydrogen-bond acceptors (Lipinski definition) is 3. The summed E-state index contributed by atoms with van der Waals surface area (Å²) in [4.78, 5) is 21.2. The van der Waals surface area contributed by atoms with Crippen LogP contribution in [0, 0.1) is 0 Å². The Bertz CT molecular complexity index is 174. The van der Waals surface area contributed by atoms with Gasteiger partial charge in [-0.1, -0.05) is 6.82 Å². The lowest BCUT2D eigenvalue weighted by molar-refractivity contribution is -0.138. The van der Waals surface area contributed by atoms with Crippen molar-refractivity contribution < 1.29 is 14.7 Å². The first-order chi connectivity index (χ1) is 5.57. The van der Waals surface area contributed by atoms with Gasteiger partial charge in [0.05, 0.1) is 12.9 Å². The Hall–Kier alpha value is -0.770. The average Bonchev–Trinajstić information content (AvgIpc) is 2.00. The first-order valence-electron chi connectivity index (χ1n) is 4.08. The summed E-state index contributed by atoms with van der Waals surface area (Å²) < 4.78 is 0. The third-order valence-corrected chi connectivity index (χ3v) is 1.58. The van der Waals surface area contributed by atoms with E-state index in [1.807, 2.05) is 6.82 Å². The lowest BCUT2D eigenvalue weighted by Gasteiger charge is -2.03. The fourth-order valence-electron chi connectivity index (χ4n) is 0.844. The SMILES string of the molecule is CBBC(=O)CCC(N)C(=O)O. The molecule has 1 atom stereocenters. The molecule has 0 fully saturated rings. The van der Waals surface area contributed by atoms with Crippen molar-refractivity contribution in [2.45, 2.75) is 25.7 Å². The minimum Gasteiger partial charge on any atom is -0.480 e. The predicted octanol–water partition coefficient (Wildman–Crippen LogP) is -1.46. The van der Waals surface area contributed by atoms with E-state index in [0.29, 0.717) is 7.17 Å². The maximum atomic E-state index is 10.9. The van der Waals surface area contributed by atoms with Crippen LogP contribution in [-0.4, -0.2) is 37.1 Å². The number of aliphatic carboxylic acids is 1. The second-order valence-electron chi connectivity index (χ2n) is 2.77. The third-order valence-electron chi connectivity index (χ3n) is 1.58.